The molecule has 1 heterocycles. The van der Waals surface area contributed by atoms with E-state index in [1.54, 1.807) is 0 Å². The average Bonchev–Trinajstić information content (AvgIpc) is 2.14. The molecule has 0 radical (unpaired) electrons. The summed E-state index contributed by atoms with van der Waals surface area (Å²) in [5, 5.41) is 3.15. The largest absolute Gasteiger partial charge is 0.370 e. The Morgan fingerprint density at radius 3 is 2.88 bits per heavy atom. The van der Waals surface area contributed by atoms with Crippen LogP contribution in [0.15, 0.2) is 12.4 Å². The predicted molar refractivity (Wildman–Crippen MR) is 34.4 cm³/mol. The molecule has 0 amide bonds. The zero-order valence-corrected chi connectivity index (χ0v) is 5.28. The second-order valence-corrected chi connectivity index (χ2v) is 1.95. The molecule has 0 bridgehead atoms. The molecule has 1 aliphatic heterocycles. The molecule has 0 aromatic rings. The molecule has 2 nitrogen and oxygen atoms in total. The minimum atomic E-state index is 1.06. The molecule has 1 fully saturated rings. The van der Waals surface area contributed by atoms with Crippen LogP contribution in [0.3, 0.4) is 0 Å². The van der Waals surface area contributed by atoms with Gasteiger partial charge in [-0.05, 0) is 6.92 Å². The molecular weight excluding hydrogens is 100 g/mol. The van der Waals surface area contributed by atoms with Gasteiger partial charge in [-0.3, -0.25) is 0 Å². The first-order valence-corrected chi connectivity index (χ1v) is 3.02. The Morgan fingerprint density at radius 1 is 1.88 bits per heavy atom. The number of nitrogens with zero attached hydrogens (tertiary/aromatic N) is 1. The summed E-state index contributed by atoms with van der Waals surface area (Å²) in [5.41, 5.74) is 0. The highest BCUT2D eigenvalue weighted by atomic mass is 15.3. The van der Waals surface area contributed by atoms with Crippen LogP contribution in [0.4, 0.5) is 0 Å². The topological polar surface area (TPSA) is 15.3 Å². The third-order valence-electron chi connectivity index (χ3n) is 1.47. The molecule has 1 saturated heterocycles. The molecule has 1 aliphatic rings. The third kappa shape index (κ3) is 0.782. The zero-order valence-electron chi connectivity index (χ0n) is 5.28. The van der Waals surface area contributed by atoms with E-state index in [1.807, 2.05) is 0 Å². The van der Waals surface area contributed by atoms with E-state index in [4.69, 9.17) is 0 Å². The first kappa shape index (κ1) is 5.48. The van der Waals surface area contributed by atoms with Gasteiger partial charge in [0.15, 0.2) is 0 Å². The van der Waals surface area contributed by atoms with Crippen molar-refractivity contribution in [2.24, 2.45) is 0 Å². The summed E-state index contributed by atoms with van der Waals surface area (Å²) in [5.74, 6) is 1.08. The fourth-order valence-corrected chi connectivity index (χ4v) is 0.931. The van der Waals surface area contributed by atoms with Gasteiger partial charge in [-0.15, -0.1) is 0 Å². The van der Waals surface area contributed by atoms with Crippen molar-refractivity contribution in [1.82, 2.24) is 10.2 Å². The quantitative estimate of drug-likeness (QED) is 0.527. The van der Waals surface area contributed by atoms with Crippen molar-refractivity contribution in [3.8, 4) is 0 Å². The first-order valence-electron chi connectivity index (χ1n) is 3.02. The summed E-state index contributed by atoms with van der Waals surface area (Å²) in [7, 11) is 0. The van der Waals surface area contributed by atoms with Gasteiger partial charge in [0.2, 0.25) is 0 Å². The Hall–Kier alpha value is -0.660. The summed E-state index contributed by atoms with van der Waals surface area (Å²) in [6.45, 7) is 9.22. The lowest BCUT2D eigenvalue weighted by molar-refractivity contribution is 0.420. The molecule has 0 unspecified atom stereocenters. The van der Waals surface area contributed by atoms with Crippen LogP contribution < -0.4 is 5.32 Å². The van der Waals surface area contributed by atoms with Crippen molar-refractivity contribution in [1.29, 1.82) is 0 Å². The van der Waals surface area contributed by atoms with Gasteiger partial charge in [-0.25, -0.2) is 0 Å². The molecule has 1 rings (SSSR count). The van der Waals surface area contributed by atoms with E-state index < -0.39 is 0 Å². The summed E-state index contributed by atoms with van der Waals surface area (Å²) in [4.78, 5) is 2.22. The summed E-state index contributed by atoms with van der Waals surface area (Å²) >= 11 is 0. The van der Waals surface area contributed by atoms with E-state index in [-0.39, 0.29) is 0 Å². The second-order valence-electron chi connectivity index (χ2n) is 1.95. The number of hydrogen-bond acceptors (Lipinski definition) is 2. The van der Waals surface area contributed by atoms with Crippen LogP contribution in [-0.2, 0) is 0 Å². The van der Waals surface area contributed by atoms with Gasteiger partial charge in [0, 0.05) is 19.6 Å². The van der Waals surface area contributed by atoms with Crippen LogP contribution in [0.5, 0.6) is 0 Å². The molecule has 8 heavy (non-hydrogen) atoms. The van der Waals surface area contributed by atoms with Gasteiger partial charge in [0.1, 0.15) is 0 Å². The molecule has 0 aliphatic carbocycles. The Morgan fingerprint density at radius 2 is 2.62 bits per heavy atom. The molecule has 0 spiro atoms. The molecule has 2 heteroatoms. The van der Waals surface area contributed by atoms with E-state index in [0.717, 1.165) is 25.5 Å². The van der Waals surface area contributed by atoms with E-state index in [1.165, 1.54) is 0 Å². The highest BCUT2D eigenvalue weighted by Crippen LogP contribution is 2.01. The van der Waals surface area contributed by atoms with Crippen LogP contribution in [0.25, 0.3) is 0 Å². The van der Waals surface area contributed by atoms with Crippen molar-refractivity contribution in [2.45, 2.75) is 6.92 Å². The Labute approximate surface area is 50.2 Å². The highest BCUT2D eigenvalue weighted by molar-refractivity contribution is 4.96. The number of rotatable bonds is 1. The molecule has 0 aromatic heterocycles. The normalized spacial score (nSPS) is 19.1. The number of nitrogens with one attached hydrogen (secondary N) is 1. The predicted octanol–water partition coefficient (Wildman–Crippen LogP) is 0.383. The van der Waals surface area contributed by atoms with Crippen LogP contribution >= 0.6 is 0 Å². The smallest absolute Gasteiger partial charge is 0.0939 e. The number of hydrogen-bond donors (Lipinski definition) is 1. The van der Waals surface area contributed by atoms with Gasteiger partial charge >= 0.3 is 0 Å². The molecule has 0 atom stereocenters. The summed E-state index contributed by atoms with van der Waals surface area (Å²) < 4.78 is 0. The Balaban J connectivity index is 2.42. The van der Waals surface area contributed by atoms with Crippen LogP contribution in [0.1, 0.15) is 6.92 Å². The van der Waals surface area contributed by atoms with Gasteiger partial charge in [0.05, 0.1) is 5.82 Å². The fraction of sp³-hybridized carbons (Fsp3) is 0.667. The molecule has 0 aromatic carbocycles. The fourth-order valence-electron chi connectivity index (χ4n) is 0.931. The van der Waals surface area contributed by atoms with E-state index in [9.17, 15) is 0 Å². The number of likely N-dealkylation sites (N-methyl/N-ethyl adjacent to an activating group) is 1. The summed E-state index contributed by atoms with van der Waals surface area (Å²) in [6, 6.07) is 0. The highest BCUT2D eigenvalue weighted by Gasteiger charge is 2.09. The lowest BCUT2D eigenvalue weighted by Gasteiger charge is -2.13. The second kappa shape index (κ2) is 2.07. The molecule has 46 valence electrons. The van der Waals surface area contributed by atoms with Crippen LogP contribution in [-0.4, -0.2) is 24.5 Å². The maximum atomic E-state index is 3.82. The SMILES string of the molecule is C=C1NCCN1CC. The van der Waals surface area contributed by atoms with Gasteiger partial charge in [-0.1, -0.05) is 6.58 Å². The van der Waals surface area contributed by atoms with Crippen LogP contribution in [0.2, 0.25) is 0 Å². The van der Waals surface area contributed by atoms with Crippen molar-refractivity contribution in [3.05, 3.63) is 12.4 Å². The lowest BCUT2D eigenvalue weighted by Crippen LogP contribution is -2.17. The lowest BCUT2D eigenvalue weighted by atomic mass is 10.5. The molecular formula is C6H12N2. The Bertz CT molecular complexity index is 98.7. The summed E-state index contributed by atoms with van der Waals surface area (Å²) in [6.07, 6.45) is 0. The molecule has 0 saturated carbocycles. The monoisotopic (exact) mass is 112 g/mol. The Kier molecular flexibility index (Phi) is 1.42. The zero-order chi connectivity index (χ0) is 5.98. The average molecular weight is 112 g/mol. The van der Waals surface area contributed by atoms with E-state index in [2.05, 4.69) is 23.7 Å². The van der Waals surface area contributed by atoms with Crippen LogP contribution in [0, 0.1) is 0 Å². The van der Waals surface area contributed by atoms with Gasteiger partial charge < -0.3 is 10.2 Å². The standard InChI is InChI=1S/C6H12N2/c1-3-8-5-4-7-6(8)2/h7H,2-5H2,1H3. The van der Waals surface area contributed by atoms with Crippen molar-refractivity contribution >= 4 is 0 Å². The molecule has 1 N–H and O–H groups in total. The van der Waals surface area contributed by atoms with E-state index >= 15 is 0 Å². The van der Waals surface area contributed by atoms with Gasteiger partial charge in [0.25, 0.3) is 0 Å². The maximum Gasteiger partial charge on any atom is 0.0939 e. The van der Waals surface area contributed by atoms with E-state index in [0.29, 0.717) is 0 Å². The minimum Gasteiger partial charge on any atom is -0.370 e. The van der Waals surface area contributed by atoms with Crippen molar-refractivity contribution in [2.75, 3.05) is 19.6 Å². The van der Waals surface area contributed by atoms with Crippen molar-refractivity contribution in [3.63, 3.8) is 0 Å². The maximum absolute atomic E-state index is 3.82. The minimum absolute atomic E-state index is 1.06. The van der Waals surface area contributed by atoms with Crippen molar-refractivity contribution < 1.29 is 0 Å². The third-order valence-corrected chi connectivity index (χ3v) is 1.47. The van der Waals surface area contributed by atoms with Gasteiger partial charge in [-0.2, -0.15) is 0 Å². The first-order chi connectivity index (χ1) is 3.84.